The predicted molar refractivity (Wildman–Crippen MR) is 66.0 cm³/mol. The molecule has 16 heavy (non-hydrogen) atoms. The lowest BCUT2D eigenvalue weighted by molar-refractivity contribution is -0.121. The van der Waals surface area contributed by atoms with Crippen LogP contribution in [0.4, 0.5) is 0 Å². The average Bonchev–Trinajstić information content (AvgIpc) is 2.25. The van der Waals surface area contributed by atoms with E-state index < -0.39 is 0 Å². The van der Waals surface area contributed by atoms with Crippen LogP contribution in [0, 0.1) is 5.92 Å². The van der Waals surface area contributed by atoms with Gasteiger partial charge in [-0.25, -0.2) is 0 Å². The molecule has 1 aromatic rings. The van der Waals surface area contributed by atoms with E-state index in [1.165, 1.54) is 6.92 Å². The number of amides is 1. The first-order chi connectivity index (χ1) is 7.59. The molecule has 0 aliphatic carbocycles. The zero-order chi connectivity index (χ0) is 12.0. The van der Waals surface area contributed by atoms with Crippen LogP contribution < -0.4 is 5.73 Å². The smallest absolute Gasteiger partial charge is 0.221 e. The van der Waals surface area contributed by atoms with Crippen LogP contribution in [-0.2, 0) is 16.0 Å². The second-order valence-corrected chi connectivity index (χ2v) is 4.79. The van der Waals surface area contributed by atoms with Gasteiger partial charge in [0.1, 0.15) is 0 Å². The third-order valence-corrected chi connectivity index (χ3v) is 3.19. The van der Waals surface area contributed by atoms with Gasteiger partial charge >= 0.3 is 0 Å². The topological polar surface area (TPSA) is 60.2 Å². The summed E-state index contributed by atoms with van der Waals surface area (Å²) in [5.41, 5.74) is 6.37. The molecule has 4 heteroatoms. The van der Waals surface area contributed by atoms with Crippen molar-refractivity contribution in [2.75, 3.05) is 5.75 Å². The lowest BCUT2D eigenvalue weighted by Gasteiger charge is -2.11. The van der Waals surface area contributed by atoms with Crippen molar-refractivity contribution in [1.29, 1.82) is 0 Å². The Morgan fingerprint density at radius 1 is 1.31 bits per heavy atom. The highest BCUT2D eigenvalue weighted by Crippen LogP contribution is 2.14. The van der Waals surface area contributed by atoms with E-state index in [1.807, 2.05) is 30.3 Å². The first kappa shape index (κ1) is 12.8. The molecule has 0 unspecified atom stereocenters. The van der Waals surface area contributed by atoms with Crippen molar-refractivity contribution in [1.82, 2.24) is 0 Å². The van der Waals surface area contributed by atoms with Gasteiger partial charge in [-0.1, -0.05) is 42.1 Å². The number of primary amides is 1. The van der Waals surface area contributed by atoms with Crippen LogP contribution in [0.25, 0.3) is 0 Å². The molecule has 0 aromatic heterocycles. The molecule has 1 rings (SSSR count). The maximum Gasteiger partial charge on any atom is 0.221 e. The van der Waals surface area contributed by atoms with E-state index in [1.54, 1.807) is 0 Å². The van der Waals surface area contributed by atoms with Crippen LogP contribution in [0.2, 0.25) is 0 Å². The molecule has 2 N–H and O–H groups in total. The largest absolute Gasteiger partial charge is 0.369 e. The van der Waals surface area contributed by atoms with Gasteiger partial charge in [0.25, 0.3) is 0 Å². The van der Waals surface area contributed by atoms with Crippen LogP contribution in [0.15, 0.2) is 30.3 Å². The van der Waals surface area contributed by atoms with Crippen LogP contribution >= 0.6 is 11.8 Å². The predicted octanol–water partition coefficient (Wildman–Crippen LogP) is 1.61. The van der Waals surface area contributed by atoms with E-state index in [9.17, 15) is 9.59 Å². The fourth-order valence-corrected chi connectivity index (χ4v) is 2.08. The van der Waals surface area contributed by atoms with Crippen molar-refractivity contribution in [2.45, 2.75) is 13.3 Å². The molecule has 0 aliphatic heterocycles. The van der Waals surface area contributed by atoms with Gasteiger partial charge in [0.15, 0.2) is 5.12 Å². The van der Waals surface area contributed by atoms with E-state index in [0.717, 1.165) is 17.3 Å². The van der Waals surface area contributed by atoms with Gasteiger partial charge in [0.2, 0.25) is 5.91 Å². The molecule has 0 saturated carbocycles. The normalized spacial score (nSPS) is 12.1. The van der Waals surface area contributed by atoms with Gasteiger partial charge in [-0.15, -0.1) is 0 Å². The minimum Gasteiger partial charge on any atom is -0.369 e. The van der Waals surface area contributed by atoms with Crippen LogP contribution in [-0.4, -0.2) is 16.8 Å². The van der Waals surface area contributed by atoms with Crippen molar-refractivity contribution < 1.29 is 9.59 Å². The highest BCUT2D eigenvalue weighted by atomic mass is 32.2. The third kappa shape index (κ3) is 4.49. The Bertz CT molecular complexity index is 365. The summed E-state index contributed by atoms with van der Waals surface area (Å²) in [7, 11) is 0. The first-order valence-corrected chi connectivity index (χ1v) is 6.04. The van der Waals surface area contributed by atoms with Gasteiger partial charge in [0.05, 0.1) is 5.92 Å². The molecule has 1 amide bonds. The van der Waals surface area contributed by atoms with Crippen LogP contribution in [0.1, 0.15) is 12.5 Å². The maximum absolute atomic E-state index is 11.2. The Morgan fingerprint density at radius 3 is 2.44 bits per heavy atom. The minimum atomic E-state index is -0.349. The van der Waals surface area contributed by atoms with E-state index in [4.69, 9.17) is 5.73 Å². The molecule has 0 saturated heterocycles. The number of nitrogens with two attached hydrogens (primary N) is 1. The van der Waals surface area contributed by atoms with Crippen LogP contribution in [0.3, 0.4) is 0 Å². The number of rotatable bonds is 5. The number of benzene rings is 1. The molecule has 3 nitrogen and oxygen atoms in total. The van der Waals surface area contributed by atoms with E-state index >= 15 is 0 Å². The SMILES string of the molecule is CC(=O)SC[C@@H](Cc1ccccc1)C(N)=O. The van der Waals surface area contributed by atoms with Gasteiger partial charge in [-0.05, 0) is 12.0 Å². The highest BCUT2D eigenvalue weighted by Gasteiger charge is 2.16. The summed E-state index contributed by atoms with van der Waals surface area (Å²) in [4.78, 5) is 22.0. The fraction of sp³-hybridized carbons (Fsp3) is 0.333. The number of hydrogen-bond donors (Lipinski definition) is 1. The molecular weight excluding hydrogens is 222 g/mol. The Hall–Kier alpha value is -1.29. The van der Waals surface area contributed by atoms with Gasteiger partial charge < -0.3 is 5.73 Å². The van der Waals surface area contributed by atoms with Crippen molar-refractivity contribution in [3.05, 3.63) is 35.9 Å². The number of thioether (sulfide) groups is 1. The van der Waals surface area contributed by atoms with Gasteiger partial charge in [0, 0.05) is 12.7 Å². The standard InChI is InChI=1S/C12H15NO2S/c1-9(14)16-8-11(12(13)15)7-10-5-3-2-4-6-10/h2-6,11H,7-8H2,1H3,(H2,13,15)/t11-/m1/s1. The molecule has 0 bridgehead atoms. The summed E-state index contributed by atoms with van der Waals surface area (Å²) >= 11 is 1.15. The number of carbonyl (C=O) groups is 2. The zero-order valence-electron chi connectivity index (χ0n) is 9.18. The summed E-state index contributed by atoms with van der Waals surface area (Å²) in [6, 6.07) is 9.67. The van der Waals surface area contributed by atoms with E-state index in [2.05, 4.69) is 0 Å². The van der Waals surface area contributed by atoms with E-state index in [-0.39, 0.29) is 16.9 Å². The molecule has 0 radical (unpaired) electrons. The Morgan fingerprint density at radius 2 is 1.94 bits per heavy atom. The Labute approximate surface area is 99.4 Å². The molecule has 1 aromatic carbocycles. The lowest BCUT2D eigenvalue weighted by atomic mass is 10.0. The third-order valence-electron chi connectivity index (χ3n) is 2.22. The Kier molecular flexibility index (Phi) is 5.05. The van der Waals surface area contributed by atoms with Crippen molar-refractivity contribution in [3.63, 3.8) is 0 Å². The summed E-state index contributed by atoms with van der Waals surface area (Å²) < 4.78 is 0. The molecule has 0 spiro atoms. The summed E-state index contributed by atoms with van der Waals surface area (Å²) in [5.74, 6) is -0.173. The monoisotopic (exact) mass is 237 g/mol. The van der Waals surface area contributed by atoms with Crippen LogP contribution in [0.5, 0.6) is 0 Å². The average molecular weight is 237 g/mol. The minimum absolute atomic E-state index is 0.0133. The quantitative estimate of drug-likeness (QED) is 0.846. The lowest BCUT2D eigenvalue weighted by Crippen LogP contribution is -2.27. The second kappa shape index (κ2) is 6.33. The van der Waals surface area contributed by atoms with Crippen molar-refractivity contribution in [2.24, 2.45) is 11.7 Å². The summed E-state index contributed by atoms with van der Waals surface area (Å²) in [6.07, 6.45) is 0.594. The molecular formula is C12H15NO2S. The summed E-state index contributed by atoms with van der Waals surface area (Å²) in [5, 5.41) is 0.0133. The first-order valence-electron chi connectivity index (χ1n) is 5.06. The molecule has 0 heterocycles. The Balaban J connectivity index is 2.58. The van der Waals surface area contributed by atoms with Crippen molar-refractivity contribution >= 4 is 22.8 Å². The second-order valence-electron chi connectivity index (χ2n) is 3.59. The number of hydrogen-bond acceptors (Lipinski definition) is 3. The molecule has 0 fully saturated rings. The maximum atomic E-state index is 11.2. The molecule has 0 aliphatic rings. The van der Waals surface area contributed by atoms with Gasteiger partial charge in [-0.2, -0.15) is 0 Å². The fourth-order valence-electron chi connectivity index (χ4n) is 1.36. The van der Waals surface area contributed by atoms with Crippen molar-refractivity contribution in [3.8, 4) is 0 Å². The summed E-state index contributed by atoms with van der Waals surface area (Å²) in [6.45, 7) is 1.49. The molecule has 1 atom stereocenters. The van der Waals surface area contributed by atoms with E-state index in [0.29, 0.717) is 12.2 Å². The molecule has 86 valence electrons. The number of carbonyl (C=O) groups excluding carboxylic acids is 2. The zero-order valence-corrected chi connectivity index (χ0v) is 10.00. The highest BCUT2D eigenvalue weighted by molar-refractivity contribution is 8.13. The van der Waals surface area contributed by atoms with Gasteiger partial charge in [-0.3, -0.25) is 9.59 Å².